The van der Waals surface area contributed by atoms with Crippen LogP contribution in [0.5, 0.6) is 0 Å². The van der Waals surface area contributed by atoms with Crippen LogP contribution in [0.15, 0.2) is 48.5 Å². The second kappa shape index (κ2) is 7.30. The molecule has 4 nitrogen and oxygen atoms in total. The first-order chi connectivity index (χ1) is 11.3. The number of benzene rings is 2. The second-order valence-corrected chi connectivity index (χ2v) is 6.73. The van der Waals surface area contributed by atoms with Crippen molar-refractivity contribution in [3.8, 4) is 11.1 Å². The number of amides is 1. The van der Waals surface area contributed by atoms with Crippen LogP contribution in [-0.2, 0) is 4.74 Å². The number of alkyl carbamates (subject to hydrolysis) is 1. The fraction of sp³-hybridized carbons (Fsp3) is 0.300. The van der Waals surface area contributed by atoms with Crippen LogP contribution in [0.2, 0.25) is 0 Å². The Bertz CT molecular complexity index is 714. The SMILES string of the molecule is C[C@@H](NC(=O)OC(C)(C)C)c1cccc(-c2ccc(C=O)cc2)c1. The molecule has 2 aromatic carbocycles. The van der Waals surface area contributed by atoms with Crippen LogP contribution in [0.4, 0.5) is 4.79 Å². The van der Waals surface area contributed by atoms with Gasteiger partial charge in [0.05, 0.1) is 6.04 Å². The Balaban J connectivity index is 2.14. The standard InChI is InChI=1S/C20H23NO3/c1-14(21-19(23)24-20(2,3)4)17-6-5-7-18(12-17)16-10-8-15(13-22)9-11-16/h5-14H,1-4H3,(H,21,23)/t14-/m1/s1. The molecule has 24 heavy (non-hydrogen) atoms. The van der Waals surface area contributed by atoms with Gasteiger partial charge in [0.1, 0.15) is 11.9 Å². The van der Waals surface area contributed by atoms with Crippen molar-refractivity contribution < 1.29 is 14.3 Å². The molecule has 126 valence electrons. The Morgan fingerprint density at radius 1 is 1.08 bits per heavy atom. The Kier molecular flexibility index (Phi) is 5.39. The van der Waals surface area contributed by atoms with Gasteiger partial charge in [-0.05, 0) is 50.5 Å². The Morgan fingerprint density at radius 3 is 2.33 bits per heavy atom. The van der Waals surface area contributed by atoms with E-state index in [0.29, 0.717) is 5.56 Å². The summed E-state index contributed by atoms with van der Waals surface area (Å²) in [4.78, 5) is 22.6. The zero-order valence-corrected chi connectivity index (χ0v) is 14.5. The third-order valence-corrected chi connectivity index (χ3v) is 3.50. The number of nitrogens with one attached hydrogen (secondary N) is 1. The van der Waals surface area contributed by atoms with Crippen molar-refractivity contribution in [1.29, 1.82) is 0 Å². The molecule has 0 aliphatic carbocycles. The molecule has 0 bridgehead atoms. The highest BCUT2D eigenvalue weighted by Crippen LogP contribution is 2.24. The summed E-state index contributed by atoms with van der Waals surface area (Å²) >= 11 is 0. The van der Waals surface area contributed by atoms with Crippen molar-refractivity contribution in [3.05, 3.63) is 59.7 Å². The van der Waals surface area contributed by atoms with Crippen molar-refractivity contribution in [1.82, 2.24) is 5.32 Å². The second-order valence-electron chi connectivity index (χ2n) is 6.73. The Morgan fingerprint density at radius 2 is 1.75 bits per heavy atom. The lowest BCUT2D eigenvalue weighted by Crippen LogP contribution is -2.34. The molecular formula is C20H23NO3. The van der Waals surface area contributed by atoms with Gasteiger partial charge in [0.2, 0.25) is 0 Å². The average Bonchev–Trinajstić information content (AvgIpc) is 2.53. The van der Waals surface area contributed by atoms with Gasteiger partial charge < -0.3 is 10.1 Å². The summed E-state index contributed by atoms with van der Waals surface area (Å²) in [6, 6.07) is 15.2. The van der Waals surface area contributed by atoms with Gasteiger partial charge in [-0.2, -0.15) is 0 Å². The van der Waals surface area contributed by atoms with E-state index in [9.17, 15) is 9.59 Å². The molecule has 4 heteroatoms. The molecule has 2 rings (SSSR count). The van der Waals surface area contributed by atoms with E-state index in [0.717, 1.165) is 23.0 Å². The van der Waals surface area contributed by atoms with Crippen LogP contribution in [0.1, 0.15) is 49.7 Å². The topological polar surface area (TPSA) is 55.4 Å². The molecular weight excluding hydrogens is 302 g/mol. The molecule has 1 atom stereocenters. The fourth-order valence-electron chi connectivity index (χ4n) is 2.31. The minimum Gasteiger partial charge on any atom is -0.444 e. The molecule has 0 saturated heterocycles. The van der Waals surface area contributed by atoms with Crippen molar-refractivity contribution in [3.63, 3.8) is 0 Å². The minimum atomic E-state index is -0.522. The molecule has 1 N–H and O–H groups in total. The number of rotatable bonds is 4. The predicted octanol–water partition coefficient (Wildman–Crippen LogP) is 4.75. The number of carbonyl (C=O) groups excluding carboxylic acids is 2. The lowest BCUT2D eigenvalue weighted by Gasteiger charge is -2.22. The first-order valence-corrected chi connectivity index (χ1v) is 7.93. The molecule has 0 aliphatic rings. The summed E-state index contributed by atoms with van der Waals surface area (Å²) < 4.78 is 5.29. The van der Waals surface area contributed by atoms with E-state index in [1.54, 1.807) is 12.1 Å². The molecule has 0 aliphatic heterocycles. The molecule has 1 amide bonds. The third-order valence-electron chi connectivity index (χ3n) is 3.50. The normalized spacial score (nSPS) is 12.3. The van der Waals surface area contributed by atoms with Crippen molar-refractivity contribution >= 4 is 12.4 Å². The Hall–Kier alpha value is -2.62. The van der Waals surface area contributed by atoms with Crippen LogP contribution < -0.4 is 5.32 Å². The molecule has 0 aromatic heterocycles. The van der Waals surface area contributed by atoms with Gasteiger partial charge in [0.15, 0.2) is 0 Å². The molecule has 0 radical (unpaired) electrons. The number of ether oxygens (including phenoxy) is 1. The summed E-state index contributed by atoms with van der Waals surface area (Å²) in [6.45, 7) is 7.42. The van der Waals surface area contributed by atoms with Gasteiger partial charge in [-0.1, -0.05) is 42.5 Å². The summed E-state index contributed by atoms with van der Waals surface area (Å²) in [5, 5.41) is 2.84. The Labute approximate surface area is 142 Å². The monoisotopic (exact) mass is 325 g/mol. The van der Waals surface area contributed by atoms with E-state index >= 15 is 0 Å². The molecule has 0 saturated carbocycles. The molecule has 0 unspecified atom stereocenters. The van der Waals surface area contributed by atoms with Gasteiger partial charge in [-0.15, -0.1) is 0 Å². The highest BCUT2D eigenvalue weighted by Gasteiger charge is 2.18. The largest absolute Gasteiger partial charge is 0.444 e. The van der Waals surface area contributed by atoms with Gasteiger partial charge in [-0.25, -0.2) is 4.79 Å². The summed E-state index contributed by atoms with van der Waals surface area (Å²) in [5.74, 6) is 0. The minimum absolute atomic E-state index is 0.172. The van der Waals surface area contributed by atoms with E-state index in [-0.39, 0.29) is 6.04 Å². The van der Waals surface area contributed by atoms with Gasteiger partial charge in [0.25, 0.3) is 0 Å². The maximum Gasteiger partial charge on any atom is 0.408 e. The van der Waals surface area contributed by atoms with Gasteiger partial charge in [-0.3, -0.25) is 4.79 Å². The average molecular weight is 325 g/mol. The summed E-state index contributed by atoms with van der Waals surface area (Å²) in [7, 11) is 0. The third kappa shape index (κ3) is 4.95. The quantitative estimate of drug-likeness (QED) is 0.825. The highest BCUT2D eigenvalue weighted by atomic mass is 16.6. The maximum absolute atomic E-state index is 11.9. The van der Waals surface area contributed by atoms with Crippen molar-refractivity contribution in [2.45, 2.75) is 39.3 Å². The number of aldehydes is 1. The zero-order valence-electron chi connectivity index (χ0n) is 14.5. The van der Waals surface area contributed by atoms with E-state index in [1.807, 2.05) is 64.1 Å². The van der Waals surface area contributed by atoms with Crippen molar-refractivity contribution in [2.75, 3.05) is 0 Å². The van der Waals surface area contributed by atoms with Crippen LogP contribution in [-0.4, -0.2) is 18.0 Å². The number of hydrogen-bond acceptors (Lipinski definition) is 3. The van der Waals surface area contributed by atoms with Crippen LogP contribution in [0, 0.1) is 0 Å². The van der Waals surface area contributed by atoms with Gasteiger partial charge >= 0.3 is 6.09 Å². The smallest absolute Gasteiger partial charge is 0.408 e. The first kappa shape index (κ1) is 17.7. The number of carbonyl (C=O) groups is 2. The maximum atomic E-state index is 11.9. The lowest BCUT2D eigenvalue weighted by molar-refractivity contribution is 0.0508. The first-order valence-electron chi connectivity index (χ1n) is 7.93. The number of hydrogen-bond donors (Lipinski definition) is 1. The fourth-order valence-corrected chi connectivity index (χ4v) is 2.31. The lowest BCUT2D eigenvalue weighted by atomic mass is 9.99. The van der Waals surface area contributed by atoms with E-state index in [1.165, 1.54) is 0 Å². The molecule has 0 heterocycles. The van der Waals surface area contributed by atoms with Crippen LogP contribution >= 0.6 is 0 Å². The van der Waals surface area contributed by atoms with E-state index in [4.69, 9.17) is 4.74 Å². The van der Waals surface area contributed by atoms with Crippen molar-refractivity contribution in [2.24, 2.45) is 0 Å². The zero-order chi connectivity index (χ0) is 17.7. The van der Waals surface area contributed by atoms with E-state index < -0.39 is 11.7 Å². The highest BCUT2D eigenvalue weighted by molar-refractivity contribution is 5.77. The summed E-state index contributed by atoms with van der Waals surface area (Å²) in [5.41, 5.74) is 3.16. The predicted molar refractivity (Wildman–Crippen MR) is 95.1 cm³/mol. The molecule has 0 fully saturated rings. The molecule has 2 aromatic rings. The van der Waals surface area contributed by atoms with Gasteiger partial charge in [0, 0.05) is 5.56 Å². The molecule has 0 spiro atoms. The summed E-state index contributed by atoms with van der Waals surface area (Å²) in [6.07, 6.45) is 0.392. The van der Waals surface area contributed by atoms with Crippen LogP contribution in [0.3, 0.4) is 0 Å². The van der Waals surface area contributed by atoms with E-state index in [2.05, 4.69) is 5.32 Å². The van der Waals surface area contributed by atoms with Crippen LogP contribution in [0.25, 0.3) is 11.1 Å².